The molecular formula is C12H20N2O4S2. The zero-order valence-electron chi connectivity index (χ0n) is 11.6. The fourth-order valence-electron chi connectivity index (χ4n) is 1.90. The minimum absolute atomic E-state index is 0.159. The van der Waals surface area contributed by atoms with E-state index in [4.69, 9.17) is 5.11 Å². The van der Waals surface area contributed by atoms with E-state index in [1.807, 2.05) is 13.8 Å². The number of carboxylic acids is 1. The first-order valence-electron chi connectivity index (χ1n) is 6.61. The number of hydrogen-bond donors (Lipinski definition) is 2. The molecule has 1 atom stereocenters. The second-order valence-electron chi connectivity index (χ2n) is 4.54. The number of aromatic nitrogens is 1. The van der Waals surface area contributed by atoms with Crippen LogP contribution in [0.3, 0.4) is 0 Å². The molecule has 0 radical (unpaired) electrons. The molecule has 0 saturated carbocycles. The number of rotatable bonds is 9. The molecule has 20 heavy (non-hydrogen) atoms. The molecule has 1 aromatic rings. The number of nitrogens with zero attached hydrogens (tertiary/aromatic N) is 1. The zero-order chi connectivity index (χ0) is 15.2. The molecule has 2 N–H and O–H groups in total. The molecule has 0 aliphatic carbocycles. The van der Waals surface area contributed by atoms with Crippen molar-refractivity contribution in [2.75, 3.05) is 0 Å². The minimum atomic E-state index is -3.82. The van der Waals surface area contributed by atoms with E-state index < -0.39 is 21.7 Å². The van der Waals surface area contributed by atoms with Crippen LogP contribution in [0.2, 0.25) is 0 Å². The Morgan fingerprint density at radius 3 is 2.65 bits per heavy atom. The van der Waals surface area contributed by atoms with Crippen LogP contribution in [0.4, 0.5) is 0 Å². The lowest BCUT2D eigenvalue weighted by molar-refractivity contribution is 0.0687. The number of sulfonamides is 1. The van der Waals surface area contributed by atoms with Gasteiger partial charge in [-0.05, 0) is 12.8 Å². The van der Waals surface area contributed by atoms with Crippen LogP contribution in [-0.2, 0) is 10.0 Å². The lowest BCUT2D eigenvalue weighted by atomic mass is 10.1. The average molecular weight is 320 g/mol. The van der Waals surface area contributed by atoms with Crippen molar-refractivity contribution >= 4 is 27.3 Å². The third kappa shape index (κ3) is 4.53. The van der Waals surface area contributed by atoms with Gasteiger partial charge in [-0.2, -0.15) is 0 Å². The predicted molar refractivity (Wildman–Crippen MR) is 77.6 cm³/mol. The van der Waals surface area contributed by atoms with E-state index in [0.717, 1.165) is 43.4 Å². The van der Waals surface area contributed by atoms with Crippen LogP contribution in [0.15, 0.2) is 9.72 Å². The van der Waals surface area contributed by atoms with Crippen molar-refractivity contribution in [2.24, 2.45) is 0 Å². The molecule has 0 aliphatic heterocycles. The topological polar surface area (TPSA) is 96.4 Å². The third-order valence-electron chi connectivity index (χ3n) is 2.85. The Hall–Kier alpha value is -0.990. The van der Waals surface area contributed by atoms with Gasteiger partial charge in [-0.15, -0.1) is 11.3 Å². The van der Waals surface area contributed by atoms with Gasteiger partial charge in [0.2, 0.25) is 0 Å². The summed E-state index contributed by atoms with van der Waals surface area (Å²) in [6.45, 7) is 4.03. The molecule has 0 spiro atoms. The Morgan fingerprint density at radius 2 is 2.10 bits per heavy atom. The molecule has 114 valence electrons. The maximum atomic E-state index is 12.3. The molecule has 1 aromatic heterocycles. The monoisotopic (exact) mass is 320 g/mol. The van der Waals surface area contributed by atoms with Gasteiger partial charge in [0.25, 0.3) is 10.0 Å². The largest absolute Gasteiger partial charge is 0.476 e. The fraction of sp³-hybridized carbons (Fsp3) is 0.667. The van der Waals surface area contributed by atoms with Gasteiger partial charge in [0.1, 0.15) is 0 Å². The molecule has 0 amide bonds. The summed E-state index contributed by atoms with van der Waals surface area (Å²) in [6.07, 6.45) is 4.28. The van der Waals surface area contributed by atoms with Crippen LogP contribution in [0.25, 0.3) is 0 Å². The van der Waals surface area contributed by atoms with Crippen LogP contribution in [-0.4, -0.2) is 30.5 Å². The summed E-state index contributed by atoms with van der Waals surface area (Å²) in [5.41, 5.74) is 0.826. The highest BCUT2D eigenvalue weighted by Crippen LogP contribution is 2.21. The smallest absolute Gasteiger partial charge is 0.356 e. The number of nitrogens with one attached hydrogen (secondary N) is 1. The van der Waals surface area contributed by atoms with Crippen molar-refractivity contribution in [1.29, 1.82) is 0 Å². The number of carbonyl (C=O) groups is 1. The van der Waals surface area contributed by atoms with Gasteiger partial charge < -0.3 is 5.11 Å². The van der Waals surface area contributed by atoms with Crippen molar-refractivity contribution in [3.8, 4) is 0 Å². The fourth-order valence-corrected chi connectivity index (χ4v) is 4.36. The second-order valence-corrected chi connectivity index (χ2v) is 7.31. The predicted octanol–water partition coefficient (Wildman–Crippen LogP) is 2.48. The highest BCUT2D eigenvalue weighted by Gasteiger charge is 2.27. The van der Waals surface area contributed by atoms with E-state index in [1.54, 1.807) is 0 Å². The van der Waals surface area contributed by atoms with E-state index >= 15 is 0 Å². The van der Waals surface area contributed by atoms with Crippen molar-refractivity contribution in [1.82, 2.24) is 9.71 Å². The van der Waals surface area contributed by atoms with Gasteiger partial charge in [-0.3, -0.25) is 0 Å². The molecule has 1 unspecified atom stereocenters. The molecule has 8 heteroatoms. The Labute approximate surface area is 123 Å². The summed E-state index contributed by atoms with van der Waals surface area (Å²) in [5.74, 6) is -1.33. The number of aromatic carboxylic acids is 1. The van der Waals surface area contributed by atoms with Crippen molar-refractivity contribution in [3.63, 3.8) is 0 Å². The van der Waals surface area contributed by atoms with E-state index in [9.17, 15) is 13.2 Å². The average Bonchev–Trinajstić information content (AvgIpc) is 2.86. The van der Waals surface area contributed by atoms with Gasteiger partial charge in [-0.25, -0.2) is 22.9 Å². The van der Waals surface area contributed by atoms with Gasteiger partial charge in [0.05, 0.1) is 5.51 Å². The normalized spacial score (nSPS) is 13.3. The highest BCUT2D eigenvalue weighted by atomic mass is 32.2. The van der Waals surface area contributed by atoms with Crippen molar-refractivity contribution in [3.05, 3.63) is 11.2 Å². The van der Waals surface area contributed by atoms with Crippen LogP contribution in [0, 0.1) is 0 Å². The molecule has 0 saturated heterocycles. The quantitative estimate of drug-likeness (QED) is 0.728. The molecule has 1 heterocycles. The number of unbranched alkanes of at least 4 members (excludes halogenated alkanes) is 1. The molecule has 1 rings (SSSR count). The van der Waals surface area contributed by atoms with Gasteiger partial charge in [0.15, 0.2) is 9.90 Å². The van der Waals surface area contributed by atoms with Gasteiger partial charge >= 0.3 is 5.97 Å². The summed E-state index contributed by atoms with van der Waals surface area (Å²) in [6, 6.07) is -0.159. The third-order valence-corrected chi connectivity index (χ3v) is 5.74. The molecule has 0 aliphatic rings. The standard InChI is InChI=1S/C12H20N2O4S2/c1-3-5-7-9(6-4-2)14-20(17,18)12-10(11(15)16)13-8-19-12/h8-9,14H,3-7H2,1-2H3,(H,15,16). The molecule has 0 aromatic carbocycles. The van der Waals surface area contributed by atoms with E-state index in [0.29, 0.717) is 0 Å². The minimum Gasteiger partial charge on any atom is -0.476 e. The molecule has 0 fully saturated rings. The molecule has 6 nitrogen and oxygen atoms in total. The van der Waals surface area contributed by atoms with E-state index in [1.165, 1.54) is 5.51 Å². The van der Waals surface area contributed by atoms with Crippen molar-refractivity contribution < 1.29 is 18.3 Å². The number of carboxylic acid groups (broad SMARTS) is 1. The summed E-state index contributed by atoms with van der Waals surface area (Å²) in [4.78, 5) is 14.6. The Balaban J connectivity index is 2.91. The summed E-state index contributed by atoms with van der Waals surface area (Å²) in [7, 11) is -3.82. The Morgan fingerprint density at radius 1 is 1.40 bits per heavy atom. The van der Waals surface area contributed by atoms with E-state index in [-0.39, 0.29) is 10.3 Å². The van der Waals surface area contributed by atoms with Crippen LogP contribution < -0.4 is 4.72 Å². The van der Waals surface area contributed by atoms with E-state index in [2.05, 4.69) is 9.71 Å². The molecule has 0 bridgehead atoms. The first-order valence-corrected chi connectivity index (χ1v) is 8.97. The van der Waals surface area contributed by atoms with Gasteiger partial charge in [-0.1, -0.05) is 33.1 Å². The van der Waals surface area contributed by atoms with Crippen LogP contribution in [0.1, 0.15) is 56.4 Å². The maximum Gasteiger partial charge on any atom is 0.356 e. The van der Waals surface area contributed by atoms with Crippen LogP contribution in [0.5, 0.6) is 0 Å². The van der Waals surface area contributed by atoms with Crippen LogP contribution >= 0.6 is 11.3 Å². The number of thiazole rings is 1. The first-order chi connectivity index (χ1) is 9.42. The van der Waals surface area contributed by atoms with Crippen molar-refractivity contribution in [2.45, 2.75) is 56.2 Å². The van der Waals surface area contributed by atoms with Gasteiger partial charge in [0, 0.05) is 6.04 Å². The summed E-state index contributed by atoms with van der Waals surface area (Å²) < 4.78 is 26.9. The Bertz CT molecular complexity index is 539. The Kier molecular flexibility index (Phi) is 6.57. The number of hydrogen-bond acceptors (Lipinski definition) is 5. The SMILES string of the molecule is CCCCC(CCC)NS(=O)(=O)c1scnc1C(=O)O. The lowest BCUT2D eigenvalue weighted by Gasteiger charge is -2.17. The summed E-state index contributed by atoms with van der Waals surface area (Å²) in [5, 5.41) is 8.95. The first kappa shape index (κ1) is 17.1. The lowest BCUT2D eigenvalue weighted by Crippen LogP contribution is -2.35. The summed E-state index contributed by atoms with van der Waals surface area (Å²) >= 11 is 0.826. The zero-order valence-corrected chi connectivity index (χ0v) is 13.3. The second kappa shape index (κ2) is 7.70. The molecular weight excluding hydrogens is 300 g/mol. The highest BCUT2D eigenvalue weighted by molar-refractivity contribution is 7.91. The maximum absolute atomic E-state index is 12.3.